The summed E-state index contributed by atoms with van der Waals surface area (Å²) in [5.41, 5.74) is 4.79. The summed E-state index contributed by atoms with van der Waals surface area (Å²) in [5.74, 6) is -0.227. The third-order valence-corrected chi connectivity index (χ3v) is 5.51. The average molecular weight is 421 g/mol. The molecule has 0 saturated carbocycles. The van der Waals surface area contributed by atoms with E-state index in [-0.39, 0.29) is 21.8 Å². The van der Waals surface area contributed by atoms with Crippen molar-refractivity contribution in [3.8, 4) is 17.2 Å². The van der Waals surface area contributed by atoms with Gasteiger partial charge >= 0.3 is 0 Å². The summed E-state index contributed by atoms with van der Waals surface area (Å²) in [4.78, 5) is 24.4. The van der Waals surface area contributed by atoms with Gasteiger partial charge in [0.15, 0.2) is 11.5 Å². The molecule has 1 aliphatic rings. The van der Waals surface area contributed by atoms with Gasteiger partial charge in [-0.2, -0.15) is 0 Å². The second-order valence-corrected chi connectivity index (χ2v) is 7.69. The molecule has 29 heavy (non-hydrogen) atoms. The van der Waals surface area contributed by atoms with Crippen LogP contribution in [0.5, 0.6) is 17.2 Å². The topological polar surface area (TPSA) is 132 Å². The third-order valence-electron chi connectivity index (χ3n) is 4.08. The number of hydrazine groups is 1. The standard InChI is InChI=1S/C18H19N3O7S/c1-19-29(24,25)16-10-12(4-6-14(16)26-2)18(23)21-20-17(22)11-3-5-13-15(9-11)28-8-7-27-13/h3-6,9-10,19H,7-8H2,1-2H3,(H,20,22)(H,21,23). The number of methoxy groups -OCH3 is 1. The number of hydrogen-bond donors (Lipinski definition) is 3. The van der Waals surface area contributed by atoms with Crippen molar-refractivity contribution in [3.05, 3.63) is 47.5 Å². The molecule has 3 N–H and O–H groups in total. The van der Waals surface area contributed by atoms with Crippen LogP contribution in [0.25, 0.3) is 0 Å². The van der Waals surface area contributed by atoms with Crippen LogP contribution in [0.3, 0.4) is 0 Å². The van der Waals surface area contributed by atoms with Gasteiger partial charge < -0.3 is 14.2 Å². The van der Waals surface area contributed by atoms with Crippen LogP contribution in [0.15, 0.2) is 41.3 Å². The van der Waals surface area contributed by atoms with Crippen molar-refractivity contribution in [1.82, 2.24) is 15.6 Å². The van der Waals surface area contributed by atoms with E-state index in [1.807, 2.05) is 0 Å². The lowest BCUT2D eigenvalue weighted by Crippen LogP contribution is -2.41. The number of hydrogen-bond acceptors (Lipinski definition) is 7. The fourth-order valence-corrected chi connectivity index (χ4v) is 3.50. The highest BCUT2D eigenvalue weighted by Crippen LogP contribution is 2.30. The lowest BCUT2D eigenvalue weighted by Gasteiger charge is -2.18. The fourth-order valence-electron chi connectivity index (χ4n) is 2.58. The van der Waals surface area contributed by atoms with E-state index in [2.05, 4.69) is 15.6 Å². The molecule has 3 rings (SSSR count). The molecular formula is C18H19N3O7S. The second kappa shape index (κ2) is 8.37. The quantitative estimate of drug-likeness (QED) is 0.597. The zero-order valence-corrected chi connectivity index (χ0v) is 16.5. The molecule has 0 atom stereocenters. The van der Waals surface area contributed by atoms with Gasteiger partial charge in [-0.1, -0.05) is 0 Å². The fraction of sp³-hybridized carbons (Fsp3) is 0.222. The monoisotopic (exact) mass is 421 g/mol. The molecule has 0 aromatic heterocycles. The first kappa shape index (κ1) is 20.4. The molecular weight excluding hydrogens is 402 g/mol. The van der Waals surface area contributed by atoms with Gasteiger partial charge in [-0.25, -0.2) is 13.1 Å². The lowest BCUT2D eigenvalue weighted by atomic mass is 10.2. The predicted octanol–water partition coefficient (Wildman–Crippen LogP) is 0.449. The normalized spacial score (nSPS) is 12.8. The number of nitrogens with one attached hydrogen (secondary N) is 3. The van der Waals surface area contributed by atoms with Crippen molar-refractivity contribution < 1.29 is 32.2 Å². The first-order chi connectivity index (χ1) is 13.9. The lowest BCUT2D eigenvalue weighted by molar-refractivity contribution is 0.0846. The van der Waals surface area contributed by atoms with Crippen LogP contribution in [-0.2, 0) is 10.0 Å². The molecule has 10 nitrogen and oxygen atoms in total. The first-order valence-electron chi connectivity index (χ1n) is 8.47. The summed E-state index contributed by atoms with van der Waals surface area (Å²) in [6.07, 6.45) is 0. The highest BCUT2D eigenvalue weighted by atomic mass is 32.2. The van der Waals surface area contributed by atoms with Crippen molar-refractivity contribution >= 4 is 21.8 Å². The third kappa shape index (κ3) is 4.41. The first-order valence-corrected chi connectivity index (χ1v) is 9.96. The maximum atomic E-state index is 12.4. The van der Waals surface area contributed by atoms with Gasteiger partial charge in [-0.05, 0) is 43.4 Å². The van der Waals surface area contributed by atoms with Crippen LogP contribution >= 0.6 is 0 Å². The molecule has 0 unspecified atom stereocenters. The van der Waals surface area contributed by atoms with Crippen LogP contribution in [0.1, 0.15) is 20.7 Å². The van der Waals surface area contributed by atoms with Crippen LogP contribution < -0.4 is 29.8 Å². The number of carbonyl (C=O) groups excluding carboxylic acids is 2. The Hall–Kier alpha value is -3.31. The molecule has 0 spiro atoms. The summed E-state index contributed by atoms with van der Waals surface area (Å²) in [7, 11) is -1.29. The Morgan fingerprint density at radius 3 is 2.14 bits per heavy atom. The number of benzene rings is 2. The van der Waals surface area contributed by atoms with Crippen LogP contribution in [-0.4, -0.2) is 47.6 Å². The van der Waals surface area contributed by atoms with Crippen LogP contribution in [0, 0.1) is 0 Å². The highest BCUT2D eigenvalue weighted by Gasteiger charge is 2.21. The number of ether oxygens (including phenoxy) is 3. The molecule has 1 aliphatic heterocycles. The zero-order chi connectivity index (χ0) is 21.0. The minimum Gasteiger partial charge on any atom is -0.495 e. The van der Waals surface area contributed by atoms with E-state index in [0.29, 0.717) is 24.7 Å². The molecule has 0 saturated heterocycles. The van der Waals surface area contributed by atoms with Gasteiger partial charge in [-0.3, -0.25) is 20.4 Å². The largest absolute Gasteiger partial charge is 0.495 e. The van der Waals surface area contributed by atoms with Gasteiger partial charge in [0, 0.05) is 11.1 Å². The summed E-state index contributed by atoms with van der Waals surface area (Å²) in [6.45, 7) is 0.811. The Morgan fingerprint density at radius 2 is 1.52 bits per heavy atom. The molecule has 0 bridgehead atoms. The Labute approximate surface area is 167 Å². The van der Waals surface area contributed by atoms with E-state index in [1.54, 1.807) is 6.07 Å². The van der Waals surface area contributed by atoms with Crippen molar-refractivity contribution in [2.24, 2.45) is 0 Å². The summed E-state index contributed by atoms with van der Waals surface area (Å²) < 4.78 is 42.2. The van der Waals surface area contributed by atoms with Crippen LogP contribution in [0.4, 0.5) is 0 Å². The maximum Gasteiger partial charge on any atom is 0.269 e. The van der Waals surface area contributed by atoms with E-state index in [0.717, 1.165) is 6.07 Å². The minimum absolute atomic E-state index is 0.0158. The van der Waals surface area contributed by atoms with Crippen molar-refractivity contribution in [3.63, 3.8) is 0 Å². The number of carbonyl (C=O) groups is 2. The van der Waals surface area contributed by atoms with Crippen molar-refractivity contribution in [1.29, 1.82) is 0 Å². The van der Waals surface area contributed by atoms with E-state index < -0.39 is 21.8 Å². The predicted molar refractivity (Wildman–Crippen MR) is 102 cm³/mol. The maximum absolute atomic E-state index is 12.4. The average Bonchev–Trinajstić information content (AvgIpc) is 2.76. The molecule has 0 radical (unpaired) electrons. The summed E-state index contributed by atoms with van der Waals surface area (Å²) in [6, 6.07) is 8.50. The van der Waals surface area contributed by atoms with Gasteiger partial charge in [-0.15, -0.1) is 0 Å². The zero-order valence-electron chi connectivity index (χ0n) is 15.6. The van der Waals surface area contributed by atoms with E-state index in [9.17, 15) is 18.0 Å². The Balaban J connectivity index is 1.72. The van der Waals surface area contributed by atoms with Gasteiger partial charge in [0.05, 0.1) is 7.11 Å². The van der Waals surface area contributed by atoms with Gasteiger partial charge in [0.25, 0.3) is 11.8 Å². The number of fused-ring (bicyclic) bond motifs is 1. The van der Waals surface area contributed by atoms with Crippen LogP contribution in [0.2, 0.25) is 0 Å². The molecule has 2 aromatic carbocycles. The Morgan fingerprint density at radius 1 is 0.931 bits per heavy atom. The minimum atomic E-state index is -3.85. The van der Waals surface area contributed by atoms with E-state index in [1.165, 1.54) is 38.4 Å². The number of sulfonamides is 1. The SMILES string of the molecule is CNS(=O)(=O)c1cc(C(=O)NNC(=O)c2ccc3c(c2)OCCO3)ccc1OC. The molecule has 154 valence electrons. The van der Waals surface area contributed by atoms with Gasteiger partial charge in [0.2, 0.25) is 10.0 Å². The van der Waals surface area contributed by atoms with Gasteiger partial charge in [0.1, 0.15) is 23.9 Å². The molecule has 11 heteroatoms. The van der Waals surface area contributed by atoms with Crippen molar-refractivity contribution in [2.45, 2.75) is 4.90 Å². The molecule has 0 fully saturated rings. The van der Waals surface area contributed by atoms with Crippen molar-refractivity contribution in [2.75, 3.05) is 27.4 Å². The second-order valence-electron chi connectivity index (χ2n) is 5.84. The smallest absolute Gasteiger partial charge is 0.269 e. The van der Waals surface area contributed by atoms with E-state index in [4.69, 9.17) is 14.2 Å². The molecule has 2 amide bonds. The van der Waals surface area contributed by atoms with E-state index >= 15 is 0 Å². The summed E-state index contributed by atoms with van der Waals surface area (Å²) >= 11 is 0. The highest BCUT2D eigenvalue weighted by molar-refractivity contribution is 7.89. The number of amides is 2. The molecule has 1 heterocycles. The Bertz CT molecular complexity index is 1050. The molecule has 2 aromatic rings. The summed E-state index contributed by atoms with van der Waals surface area (Å²) in [5, 5.41) is 0. The number of rotatable bonds is 5. The Kier molecular flexibility index (Phi) is 5.89. The molecule has 0 aliphatic carbocycles.